The van der Waals surface area contributed by atoms with Crippen molar-refractivity contribution in [1.82, 2.24) is 4.98 Å². The monoisotopic (exact) mass is 346 g/mol. The van der Waals surface area contributed by atoms with Gasteiger partial charge in [0.2, 0.25) is 5.88 Å². The van der Waals surface area contributed by atoms with Crippen LogP contribution in [0.25, 0.3) is 0 Å². The van der Waals surface area contributed by atoms with Crippen LogP contribution in [0.3, 0.4) is 0 Å². The Morgan fingerprint density at radius 2 is 2.19 bits per heavy atom. The van der Waals surface area contributed by atoms with E-state index >= 15 is 0 Å². The van der Waals surface area contributed by atoms with Crippen molar-refractivity contribution in [1.29, 1.82) is 0 Å². The Bertz CT molecular complexity index is 672. The number of aliphatic imine (C=N–C) groups is 1. The van der Waals surface area contributed by atoms with Crippen LogP contribution < -0.4 is 15.4 Å². The highest BCUT2D eigenvalue weighted by Crippen LogP contribution is 2.32. The quantitative estimate of drug-likeness (QED) is 0.927. The van der Waals surface area contributed by atoms with Crippen molar-refractivity contribution >= 4 is 27.6 Å². The van der Waals surface area contributed by atoms with Gasteiger partial charge in [0, 0.05) is 22.4 Å². The predicted molar refractivity (Wildman–Crippen MR) is 86.6 cm³/mol. The van der Waals surface area contributed by atoms with Gasteiger partial charge in [0.25, 0.3) is 0 Å². The van der Waals surface area contributed by atoms with E-state index in [0.29, 0.717) is 18.4 Å². The number of anilines is 1. The van der Waals surface area contributed by atoms with Crippen LogP contribution >= 0.6 is 15.9 Å². The molecule has 3 rings (SSSR count). The number of halogens is 1. The lowest BCUT2D eigenvalue weighted by molar-refractivity contribution is 0.397. The summed E-state index contributed by atoms with van der Waals surface area (Å²) in [6.07, 6.45) is 1.81. The molecule has 2 heterocycles. The Morgan fingerprint density at radius 3 is 2.86 bits per heavy atom. The summed E-state index contributed by atoms with van der Waals surface area (Å²) in [5, 5.41) is 0. The van der Waals surface area contributed by atoms with Gasteiger partial charge in [-0.1, -0.05) is 22.0 Å². The van der Waals surface area contributed by atoms with Crippen LogP contribution in [-0.2, 0) is 0 Å². The largest absolute Gasteiger partial charge is 0.481 e. The Kier molecular flexibility index (Phi) is 3.79. The fourth-order valence-electron chi connectivity index (χ4n) is 2.40. The minimum absolute atomic E-state index is 0.0534. The van der Waals surface area contributed by atoms with E-state index in [0.717, 1.165) is 15.7 Å². The Morgan fingerprint density at radius 1 is 1.33 bits per heavy atom. The summed E-state index contributed by atoms with van der Waals surface area (Å²) in [5.41, 5.74) is 8.12. The zero-order valence-corrected chi connectivity index (χ0v) is 13.1. The molecule has 0 saturated carbocycles. The van der Waals surface area contributed by atoms with Crippen molar-refractivity contribution in [3.8, 4) is 5.88 Å². The summed E-state index contributed by atoms with van der Waals surface area (Å²) < 4.78 is 6.10. The molecule has 1 aliphatic heterocycles. The molecule has 0 aliphatic carbocycles. The van der Waals surface area contributed by atoms with Crippen LogP contribution in [0.2, 0.25) is 0 Å². The molecule has 21 heavy (non-hydrogen) atoms. The smallest absolute Gasteiger partial charge is 0.212 e. The zero-order valence-electron chi connectivity index (χ0n) is 11.5. The van der Waals surface area contributed by atoms with Crippen molar-refractivity contribution < 1.29 is 4.74 Å². The van der Waals surface area contributed by atoms with Gasteiger partial charge >= 0.3 is 0 Å². The number of pyridine rings is 1. The number of hydrogen-bond acceptors (Lipinski definition) is 5. The van der Waals surface area contributed by atoms with Gasteiger partial charge < -0.3 is 15.4 Å². The van der Waals surface area contributed by atoms with Crippen molar-refractivity contribution in [3.63, 3.8) is 0 Å². The highest BCUT2D eigenvalue weighted by molar-refractivity contribution is 9.10. The third-order valence-corrected chi connectivity index (χ3v) is 3.92. The fraction of sp³-hybridized carbons (Fsp3) is 0.200. The molecule has 0 bridgehead atoms. The molecule has 2 N–H and O–H groups in total. The molecule has 0 fully saturated rings. The third kappa shape index (κ3) is 2.71. The third-order valence-electron chi connectivity index (χ3n) is 3.42. The maximum Gasteiger partial charge on any atom is 0.212 e. The van der Waals surface area contributed by atoms with E-state index in [-0.39, 0.29) is 6.04 Å². The van der Waals surface area contributed by atoms with Crippen LogP contribution in [-0.4, -0.2) is 24.6 Å². The first-order valence-corrected chi connectivity index (χ1v) is 7.33. The van der Waals surface area contributed by atoms with E-state index in [1.807, 2.05) is 47.5 Å². The second kappa shape index (κ2) is 5.73. The molecular formula is C15H15BrN4O. The number of nitrogens with two attached hydrogens (primary N) is 1. The van der Waals surface area contributed by atoms with Gasteiger partial charge in [0.05, 0.1) is 19.7 Å². The average Bonchev–Trinajstić information content (AvgIpc) is 2.89. The number of rotatable bonds is 3. The van der Waals surface area contributed by atoms with E-state index in [9.17, 15) is 0 Å². The molecular weight excluding hydrogens is 332 g/mol. The molecule has 1 atom stereocenters. The predicted octanol–water partition coefficient (Wildman–Crippen LogP) is 2.73. The molecule has 0 amide bonds. The summed E-state index contributed by atoms with van der Waals surface area (Å²) >= 11 is 3.49. The normalized spacial score (nSPS) is 17.7. The Hall–Kier alpha value is -2.08. The fourth-order valence-corrected chi connectivity index (χ4v) is 2.79. The molecule has 1 aliphatic rings. The van der Waals surface area contributed by atoms with Crippen LogP contribution in [0.4, 0.5) is 5.69 Å². The van der Waals surface area contributed by atoms with Gasteiger partial charge in [-0.25, -0.2) is 4.98 Å². The first-order chi connectivity index (χ1) is 10.2. The zero-order chi connectivity index (χ0) is 14.8. The van der Waals surface area contributed by atoms with E-state index < -0.39 is 0 Å². The molecule has 2 aromatic rings. The van der Waals surface area contributed by atoms with Crippen molar-refractivity contribution in [2.24, 2.45) is 10.7 Å². The molecule has 0 saturated heterocycles. The van der Waals surface area contributed by atoms with E-state index in [1.54, 1.807) is 7.11 Å². The number of ether oxygens (including phenoxy) is 1. The molecule has 0 radical (unpaired) electrons. The number of guanidine groups is 1. The topological polar surface area (TPSA) is 63.7 Å². The number of aromatic nitrogens is 1. The number of benzene rings is 1. The summed E-state index contributed by atoms with van der Waals surface area (Å²) in [5.74, 6) is 1.12. The average molecular weight is 347 g/mol. The minimum atomic E-state index is 0.0534. The lowest BCUT2D eigenvalue weighted by atomic mass is 10.1. The molecule has 6 heteroatoms. The van der Waals surface area contributed by atoms with Crippen LogP contribution in [0.5, 0.6) is 5.88 Å². The Balaban J connectivity index is 1.94. The minimum Gasteiger partial charge on any atom is -0.481 e. The molecule has 5 nitrogen and oxygen atoms in total. The summed E-state index contributed by atoms with van der Waals surface area (Å²) in [4.78, 5) is 10.7. The van der Waals surface area contributed by atoms with E-state index in [2.05, 4.69) is 25.9 Å². The van der Waals surface area contributed by atoms with E-state index in [4.69, 9.17) is 10.5 Å². The maximum absolute atomic E-state index is 6.06. The summed E-state index contributed by atoms with van der Waals surface area (Å²) in [7, 11) is 1.60. The highest BCUT2D eigenvalue weighted by Gasteiger charge is 2.29. The van der Waals surface area contributed by atoms with Gasteiger partial charge in [-0.15, -0.1) is 0 Å². The first-order valence-electron chi connectivity index (χ1n) is 6.53. The molecule has 1 aromatic carbocycles. The number of hydrogen-bond donors (Lipinski definition) is 1. The second-order valence-electron chi connectivity index (χ2n) is 4.70. The maximum atomic E-state index is 6.06. The van der Waals surface area contributed by atoms with Crippen LogP contribution in [0, 0.1) is 0 Å². The summed E-state index contributed by atoms with van der Waals surface area (Å²) in [6, 6.07) is 11.9. The lowest BCUT2D eigenvalue weighted by Crippen LogP contribution is -2.36. The Labute approximate surface area is 131 Å². The van der Waals surface area contributed by atoms with Crippen molar-refractivity contribution in [3.05, 3.63) is 52.6 Å². The van der Waals surface area contributed by atoms with Crippen molar-refractivity contribution in [2.75, 3.05) is 18.6 Å². The van der Waals surface area contributed by atoms with Gasteiger partial charge in [-0.3, -0.25) is 4.99 Å². The van der Waals surface area contributed by atoms with Crippen LogP contribution in [0.1, 0.15) is 11.6 Å². The van der Waals surface area contributed by atoms with Gasteiger partial charge in [-0.2, -0.15) is 0 Å². The number of methoxy groups -OCH3 is 1. The highest BCUT2D eigenvalue weighted by atomic mass is 79.9. The molecule has 1 unspecified atom stereocenters. The van der Waals surface area contributed by atoms with Gasteiger partial charge in [0.1, 0.15) is 0 Å². The SMILES string of the molecule is COc1ccc(C2CN=C(N)N2c2cccc(Br)c2)cn1. The second-order valence-corrected chi connectivity index (χ2v) is 5.61. The summed E-state index contributed by atoms with van der Waals surface area (Å²) in [6.45, 7) is 0.617. The van der Waals surface area contributed by atoms with Gasteiger partial charge in [0.15, 0.2) is 5.96 Å². The molecule has 1 aromatic heterocycles. The standard InChI is InChI=1S/C15H15BrN4O/c1-21-14-6-5-10(8-18-14)13-9-19-15(17)20(13)12-4-2-3-11(16)7-12/h2-8,13H,9H2,1H3,(H2,17,19). The molecule has 0 spiro atoms. The lowest BCUT2D eigenvalue weighted by Gasteiger charge is -2.26. The number of nitrogens with zero attached hydrogens (tertiary/aromatic N) is 3. The molecule has 108 valence electrons. The van der Waals surface area contributed by atoms with E-state index in [1.165, 1.54) is 0 Å². The first kappa shape index (κ1) is 13.9. The van der Waals surface area contributed by atoms with Crippen molar-refractivity contribution in [2.45, 2.75) is 6.04 Å². The van der Waals surface area contributed by atoms with Gasteiger partial charge in [-0.05, 0) is 29.8 Å². The van der Waals surface area contributed by atoms with Crippen LogP contribution in [0.15, 0.2) is 52.1 Å².